The fraction of sp³-hybridized carbons (Fsp3) is 0. The molecule has 6 nitrogen and oxygen atoms in total. The van der Waals surface area contributed by atoms with E-state index in [1.165, 1.54) is 12.1 Å². The lowest BCUT2D eigenvalue weighted by molar-refractivity contribution is 0.102. The fourth-order valence-corrected chi connectivity index (χ4v) is 2.88. The standard InChI is InChI=1S/C21H12FN5O/c22-16-3-4-19(26-11-16)27-21(28)17-9-15(8-13-2-1-6-25-20(13)17)18-12-24-7-5-14(18)10-23/h1-9,11-12H,(H,26,27,28). The second-order valence-electron chi connectivity index (χ2n) is 5.95. The first-order valence-electron chi connectivity index (χ1n) is 8.32. The molecule has 0 aliphatic heterocycles. The maximum absolute atomic E-state index is 13.0. The number of nitrogens with zero attached hydrogens (tertiary/aromatic N) is 4. The van der Waals surface area contributed by atoms with E-state index in [2.05, 4.69) is 26.3 Å². The lowest BCUT2D eigenvalue weighted by Gasteiger charge is -2.11. The Morgan fingerprint density at radius 2 is 1.96 bits per heavy atom. The van der Waals surface area contributed by atoms with Crippen LogP contribution in [-0.2, 0) is 0 Å². The molecule has 4 aromatic rings. The van der Waals surface area contributed by atoms with Gasteiger partial charge in [0.2, 0.25) is 0 Å². The molecule has 1 amide bonds. The summed E-state index contributed by atoms with van der Waals surface area (Å²) in [6.07, 6.45) is 5.74. The highest BCUT2D eigenvalue weighted by molar-refractivity contribution is 6.12. The maximum atomic E-state index is 13.0. The Kier molecular flexibility index (Phi) is 4.44. The van der Waals surface area contributed by atoms with Gasteiger partial charge in [0.25, 0.3) is 5.91 Å². The Balaban J connectivity index is 1.84. The van der Waals surface area contributed by atoms with Crippen LogP contribution in [0.4, 0.5) is 10.2 Å². The number of benzene rings is 1. The van der Waals surface area contributed by atoms with Crippen molar-refractivity contribution in [2.75, 3.05) is 5.32 Å². The van der Waals surface area contributed by atoms with Gasteiger partial charge in [-0.3, -0.25) is 14.8 Å². The number of hydrogen-bond acceptors (Lipinski definition) is 5. The first-order chi connectivity index (χ1) is 13.7. The summed E-state index contributed by atoms with van der Waals surface area (Å²) < 4.78 is 13.0. The van der Waals surface area contributed by atoms with Crippen LogP contribution in [0.5, 0.6) is 0 Å². The topological polar surface area (TPSA) is 91.6 Å². The highest BCUT2D eigenvalue weighted by Gasteiger charge is 2.16. The van der Waals surface area contributed by atoms with Crippen molar-refractivity contribution in [1.29, 1.82) is 5.26 Å². The Labute approximate surface area is 159 Å². The largest absolute Gasteiger partial charge is 0.306 e. The molecular weight excluding hydrogens is 357 g/mol. The van der Waals surface area contributed by atoms with Crippen molar-refractivity contribution >= 4 is 22.6 Å². The van der Waals surface area contributed by atoms with Crippen molar-refractivity contribution in [3.8, 4) is 17.2 Å². The van der Waals surface area contributed by atoms with Crippen LogP contribution in [-0.4, -0.2) is 20.9 Å². The number of nitrogens with one attached hydrogen (secondary N) is 1. The predicted molar refractivity (Wildman–Crippen MR) is 102 cm³/mol. The minimum atomic E-state index is -0.493. The monoisotopic (exact) mass is 369 g/mol. The van der Waals surface area contributed by atoms with Crippen LogP contribution in [0.2, 0.25) is 0 Å². The van der Waals surface area contributed by atoms with Crippen LogP contribution in [0.25, 0.3) is 22.0 Å². The van der Waals surface area contributed by atoms with Crippen molar-refractivity contribution < 1.29 is 9.18 Å². The number of fused-ring (bicyclic) bond motifs is 1. The Hall–Kier alpha value is -4.18. The van der Waals surface area contributed by atoms with Crippen LogP contribution in [0.15, 0.2) is 67.3 Å². The van der Waals surface area contributed by atoms with E-state index in [1.807, 2.05) is 12.1 Å². The van der Waals surface area contributed by atoms with Gasteiger partial charge in [0, 0.05) is 29.5 Å². The van der Waals surface area contributed by atoms with E-state index in [9.17, 15) is 14.4 Å². The quantitative estimate of drug-likeness (QED) is 0.590. The number of halogens is 1. The molecule has 0 unspecified atom stereocenters. The highest BCUT2D eigenvalue weighted by atomic mass is 19.1. The SMILES string of the molecule is N#Cc1ccncc1-c1cc(C(=O)Nc2ccc(F)cn2)c2ncccc2c1. The molecular formula is C21H12FN5O. The first kappa shape index (κ1) is 17.2. The zero-order valence-corrected chi connectivity index (χ0v) is 14.4. The number of anilines is 1. The molecule has 134 valence electrons. The molecule has 1 N–H and O–H groups in total. The Bertz CT molecular complexity index is 1230. The van der Waals surface area contributed by atoms with Crippen LogP contribution in [0.3, 0.4) is 0 Å². The highest BCUT2D eigenvalue weighted by Crippen LogP contribution is 2.29. The summed E-state index contributed by atoms with van der Waals surface area (Å²) in [6.45, 7) is 0. The second kappa shape index (κ2) is 7.21. The van der Waals surface area contributed by atoms with Gasteiger partial charge in [-0.05, 0) is 42.0 Å². The smallest absolute Gasteiger partial charge is 0.259 e. The fourth-order valence-electron chi connectivity index (χ4n) is 2.88. The van der Waals surface area contributed by atoms with E-state index in [0.29, 0.717) is 27.8 Å². The number of pyridine rings is 3. The minimum absolute atomic E-state index is 0.222. The lowest BCUT2D eigenvalue weighted by Crippen LogP contribution is -2.14. The van der Waals surface area contributed by atoms with E-state index < -0.39 is 11.7 Å². The molecule has 0 bridgehead atoms. The molecule has 0 saturated carbocycles. The number of carbonyl (C=O) groups is 1. The van der Waals surface area contributed by atoms with Crippen molar-refractivity contribution in [3.63, 3.8) is 0 Å². The van der Waals surface area contributed by atoms with Gasteiger partial charge in [0.05, 0.1) is 28.9 Å². The molecule has 0 atom stereocenters. The number of rotatable bonds is 3. The van der Waals surface area contributed by atoms with E-state index in [-0.39, 0.29) is 5.82 Å². The molecule has 0 radical (unpaired) electrons. The molecule has 0 saturated heterocycles. The van der Waals surface area contributed by atoms with Gasteiger partial charge in [-0.25, -0.2) is 9.37 Å². The summed E-state index contributed by atoms with van der Waals surface area (Å²) in [5.41, 5.74) is 2.55. The van der Waals surface area contributed by atoms with E-state index >= 15 is 0 Å². The number of hydrogen-bond donors (Lipinski definition) is 1. The van der Waals surface area contributed by atoms with E-state index in [4.69, 9.17) is 0 Å². The molecule has 0 fully saturated rings. The summed E-state index contributed by atoms with van der Waals surface area (Å²) >= 11 is 0. The summed E-state index contributed by atoms with van der Waals surface area (Å²) in [6, 6.07) is 13.5. The van der Waals surface area contributed by atoms with Gasteiger partial charge in [-0.15, -0.1) is 0 Å². The van der Waals surface area contributed by atoms with Crippen molar-refractivity contribution in [1.82, 2.24) is 15.0 Å². The van der Waals surface area contributed by atoms with Crippen LogP contribution < -0.4 is 5.32 Å². The molecule has 4 rings (SSSR count). The minimum Gasteiger partial charge on any atom is -0.306 e. The Morgan fingerprint density at radius 3 is 2.75 bits per heavy atom. The molecule has 3 heterocycles. The van der Waals surface area contributed by atoms with Gasteiger partial charge in [0.15, 0.2) is 0 Å². The van der Waals surface area contributed by atoms with Crippen molar-refractivity contribution in [2.24, 2.45) is 0 Å². The molecule has 1 aromatic carbocycles. The summed E-state index contributed by atoms with van der Waals surface area (Å²) in [5, 5.41) is 12.8. The maximum Gasteiger partial charge on any atom is 0.259 e. The third-order valence-electron chi connectivity index (χ3n) is 4.17. The first-order valence-corrected chi connectivity index (χ1v) is 8.32. The average Bonchev–Trinajstić information content (AvgIpc) is 2.74. The normalized spacial score (nSPS) is 10.4. The molecule has 7 heteroatoms. The molecule has 0 aliphatic rings. The number of nitriles is 1. The van der Waals surface area contributed by atoms with Crippen LogP contribution in [0.1, 0.15) is 15.9 Å². The number of carbonyl (C=O) groups excluding carboxylic acids is 1. The lowest BCUT2D eigenvalue weighted by atomic mass is 9.97. The Morgan fingerprint density at radius 1 is 1.07 bits per heavy atom. The summed E-state index contributed by atoms with van der Waals surface area (Å²) in [7, 11) is 0. The van der Waals surface area contributed by atoms with Crippen LogP contribution >= 0.6 is 0 Å². The van der Waals surface area contributed by atoms with Crippen molar-refractivity contribution in [3.05, 3.63) is 84.2 Å². The second-order valence-corrected chi connectivity index (χ2v) is 5.95. The zero-order valence-electron chi connectivity index (χ0n) is 14.4. The predicted octanol–water partition coefficient (Wildman–Crippen LogP) is 3.95. The van der Waals surface area contributed by atoms with Gasteiger partial charge < -0.3 is 5.32 Å². The number of aromatic nitrogens is 3. The zero-order chi connectivity index (χ0) is 19.5. The average molecular weight is 369 g/mol. The number of amides is 1. The van der Waals surface area contributed by atoms with Gasteiger partial charge in [-0.1, -0.05) is 6.07 Å². The van der Waals surface area contributed by atoms with Crippen molar-refractivity contribution in [2.45, 2.75) is 0 Å². The molecule has 0 aliphatic carbocycles. The molecule has 3 aromatic heterocycles. The van der Waals surface area contributed by atoms with Gasteiger partial charge >= 0.3 is 0 Å². The van der Waals surface area contributed by atoms with Crippen LogP contribution in [0, 0.1) is 17.1 Å². The summed E-state index contributed by atoms with van der Waals surface area (Å²) in [5.74, 6) is -0.709. The van der Waals surface area contributed by atoms with E-state index in [1.54, 1.807) is 36.8 Å². The van der Waals surface area contributed by atoms with Gasteiger partial charge in [-0.2, -0.15) is 5.26 Å². The third kappa shape index (κ3) is 3.27. The van der Waals surface area contributed by atoms with Gasteiger partial charge in [0.1, 0.15) is 11.6 Å². The molecule has 0 spiro atoms. The third-order valence-corrected chi connectivity index (χ3v) is 4.17. The van der Waals surface area contributed by atoms with E-state index in [0.717, 1.165) is 11.6 Å². The molecule has 28 heavy (non-hydrogen) atoms. The summed E-state index contributed by atoms with van der Waals surface area (Å²) in [4.78, 5) is 25.1.